The number of amides is 1. The summed E-state index contributed by atoms with van der Waals surface area (Å²) >= 11 is 0. The fourth-order valence-corrected chi connectivity index (χ4v) is 8.78. The van der Waals surface area contributed by atoms with Gasteiger partial charge in [-0.05, 0) is 12.8 Å². The molecule has 0 aromatic rings. The van der Waals surface area contributed by atoms with E-state index < -0.39 is 12.1 Å². The Hall–Kier alpha value is -0.610. The van der Waals surface area contributed by atoms with Crippen molar-refractivity contribution in [2.75, 3.05) is 6.61 Å². The molecule has 0 aliphatic rings. The highest BCUT2D eigenvalue weighted by atomic mass is 16.3. The van der Waals surface area contributed by atoms with Crippen molar-refractivity contribution in [2.45, 2.75) is 328 Å². The molecule has 0 spiro atoms. The molecule has 0 aliphatic carbocycles. The topological polar surface area (TPSA) is 69.6 Å². The molecule has 0 saturated heterocycles. The summed E-state index contributed by atoms with van der Waals surface area (Å²) in [7, 11) is 0. The second kappa shape index (κ2) is 49.8. The minimum absolute atomic E-state index is 0.0251. The van der Waals surface area contributed by atoms with Crippen molar-refractivity contribution in [3.8, 4) is 0 Å². The van der Waals surface area contributed by atoms with E-state index in [0.29, 0.717) is 12.8 Å². The number of carbonyl (C=O) groups excluding carboxylic acids is 1. The second-order valence-corrected chi connectivity index (χ2v) is 18.7. The summed E-state index contributed by atoms with van der Waals surface area (Å²) in [5, 5.41) is 23.2. The van der Waals surface area contributed by atoms with E-state index >= 15 is 0 Å². The van der Waals surface area contributed by atoms with Gasteiger partial charge in [0.2, 0.25) is 5.91 Å². The van der Waals surface area contributed by atoms with Gasteiger partial charge in [0, 0.05) is 6.42 Å². The SMILES string of the molecule is CCCCCCCCCCCCCCCCCCCCCCCCCCCCCCCCCCCCC(=O)N[C@@H](CO)[C@H](O)CCCCCCCCCCCCC. The van der Waals surface area contributed by atoms with Crippen LogP contribution in [0.5, 0.6) is 0 Å². The van der Waals surface area contributed by atoms with E-state index in [0.717, 1.165) is 25.7 Å². The van der Waals surface area contributed by atoms with Crippen molar-refractivity contribution in [1.82, 2.24) is 5.32 Å². The monoisotopic (exact) mass is 806 g/mol. The molecular weight excluding hydrogens is 699 g/mol. The average molecular weight is 806 g/mol. The maximum atomic E-state index is 12.4. The molecule has 0 unspecified atom stereocenters. The van der Waals surface area contributed by atoms with E-state index in [1.807, 2.05) is 0 Å². The van der Waals surface area contributed by atoms with Gasteiger partial charge < -0.3 is 15.5 Å². The van der Waals surface area contributed by atoms with Crippen LogP contribution >= 0.6 is 0 Å². The molecule has 0 aromatic heterocycles. The molecule has 0 bridgehead atoms. The van der Waals surface area contributed by atoms with E-state index in [2.05, 4.69) is 19.2 Å². The molecule has 342 valence electrons. The summed E-state index contributed by atoms with van der Waals surface area (Å²) < 4.78 is 0. The van der Waals surface area contributed by atoms with E-state index in [1.165, 1.54) is 263 Å². The number of unbranched alkanes of at least 4 members (excludes halogenated alkanes) is 43. The Labute approximate surface area is 359 Å². The van der Waals surface area contributed by atoms with Gasteiger partial charge in [-0.3, -0.25) is 4.79 Å². The highest BCUT2D eigenvalue weighted by Crippen LogP contribution is 2.18. The Morgan fingerprint density at radius 2 is 0.561 bits per heavy atom. The molecule has 0 fully saturated rings. The third-order valence-corrected chi connectivity index (χ3v) is 12.9. The molecule has 2 atom stereocenters. The van der Waals surface area contributed by atoms with Crippen LogP contribution in [-0.4, -0.2) is 34.9 Å². The van der Waals surface area contributed by atoms with Gasteiger partial charge in [0.05, 0.1) is 18.8 Å². The van der Waals surface area contributed by atoms with Crippen LogP contribution in [-0.2, 0) is 4.79 Å². The first-order valence-electron chi connectivity index (χ1n) is 26.7. The summed E-state index contributed by atoms with van der Waals surface area (Å²) in [6.45, 7) is 4.38. The lowest BCUT2D eigenvalue weighted by Crippen LogP contribution is -2.45. The van der Waals surface area contributed by atoms with E-state index in [4.69, 9.17) is 0 Å². The Morgan fingerprint density at radius 1 is 0.351 bits per heavy atom. The van der Waals surface area contributed by atoms with Crippen molar-refractivity contribution in [3.05, 3.63) is 0 Å². The van der Waals surface area contributed by atoms with Crippen LogP contribution in [0.2, 0.25) is 0 Å². The van der Waals surface area contributed by atoms with Gasteiger partial charge in [0.25, 0.3) is 0 Å². The normalized spacial score (nSPS) is 12.7. The predicted octanol–water partition coefficient (Wildman–Crippen LogP) is 17.2. The number of aliphatic hydroxyl groups is 2. The molecule has 3 N–H and O–H groups in total. The van der Waals surface area contributed by atoms with Gasteiger partial charge in [0.1, 0.15) is 0 Å². The van der Waals surface area contributed by atoms with Crippen LogP contribution in [0.3, 0.4) is 0 Å². The van der Waals surface area contributed by atoms with Crippen LogP contribution < -0.4 is 5.32 Å². The van der Waals surface area contributed by atoms with Crippen molar-refractivity contribution in [1.29, 1.82) is 0 Å². The van der Waals surface area contributed by atoms with Gasteiger partial charge in [-0.15, -0.1) is 0 Å². The van der Waals surface area contributed by atoms with Crippen LogP contribution in [0.25, 0.3) is 0 Å². The number of hydrogen-bond acceptors (Lipinski definition) is 3. The van der Waals surface area contributed by atoms with Crippen molar-refractivity contribution in [2.24, 2.45) is 0 Å². The standard InChI is InChI=1S/C53H107NO3/c1-3-5-7-9-11-13-15-16-17-18-19-20-21-22-23-24-25-26-27-28-29-30-31-32-33-34-35-36-37-39-41-43-45-47-49-53(57)54-51(50-55)52(56)48-46-44-42-40-38-14-12-10-8-6-4-2/h51-52,55-56H,3-50H2,1-2H3,(H,54,57)/t51-,52+/m0/s1. The number of carbonyl (C=O) groups is 1. The van der Waals surface area contributed by atoms with Gasteiger partial charge in [0.15, 0.2) is 0 Å². The maximum absolute atomic E-state index is 12.4. The molecule has 0 rings (SSSR count). The molecule has 4 nitrogen and oxygen atoms in total. The van der Waals surface area contributed by atoms with Gasteiger partial charge in [-0.25, -0.2) is 0 Å². The molecule has 0 heterocycles. The zero-order chi connectivity index (χ0) is 41.4. The zero-order valence-corrected chi connectivity index (χ0v) is 39.4. The molecule has 4 heteroatoms. The molecule has 57 heavy (non-hydrogen) atoms. The highest BCUT2D eigenvalue weighted by Gasteiger charge is 2.20. The first kappa shape index (κ1) is 56.4. The third-order valence-electron chi connectivity index (χ3n) is 12.9. The lowest BCUT2D eigenvalue weighted by molar-refractivity contribution is -0.123. The van der Waals surface area contributed by atoms with E-state index in [-0.39, 0.29) is 12.5 Å². The number of nitrogens with one attached hydrogen (secondary N) is 1. The molecule has 0 radical (unpaired) electrons. The van der Waals surface area contributed by atoms with Crippen molar-refractivity contribution < 1.29 is 15.0 Å². The van der Waals surface area contributed by atoms with Gasteiger partial charge in [-0.2, -0.15) is 0 Å². The molecule has 1 amide bonds. The molecular formula is C53H107NO3. The summed E-state index contributed by atoms with van der Waals surface area (Å²) in [5.74, 6) is -0.0251. The van der Waals surface area contributed by atoms with E-state index in [9.17, 15) is 15.0 Å². The molecule has 0 aliphatic heterocycles. The molecule has 0 aromatic carbocycles. The fraction of sp³-hybridized carbons (Fsp3) is 0.981. The van der Waals surface area contributed by atoms with Crippen LogP contribution in [0.15, 0.2) is 0 Å². The number of aliphatic hydroxyl groups excluding tert-OH is 2. The first-order valence-corrected chi connectivity index (χ1v) is 26.7. The summed E-state index contributed by atoms with van der Waals surface area (Å²) in [5.41, 5.74) is 0. The minimum atomic E-state index is -0.652. The summed E-state index contributed by atoms with van der Waals surface area (Å²) in [6, 6.07) is -0.529. The van der Waals surface area contributed by atoms with E-state index in [1.54, 1.807) is 0 Å². The second-order valence-electron chi connectivity index (χ2n) is 18.7. The van der Waals surface area contributed by atoms with Gasteiger partial charge >= 0.3 is 0 Å². The summed E-state index contributed by atoms with van der Waals surface area (Å²) in [4.78, 5) is 12.4. The average Bonchev–Trinajstić information content (AvgIpc) is 3.22. The fourth-order valence-electron chi connectivity index (χ4n) is 8.78. The highest BCUT2D eigenvalue weighted by molar-refractivity contribution is 5.76. The lowest BCUT2D eigenvalue weighted by Gasteiger charge is -2.22. The molecule has 0 saturated carbocycles. The van der Waals surface area contributed by atoms with Crippen molar-refractivity contribution >= 4 is 5.91 Å². The van der Waals surface area contributed by atoms with Crippen LogP contribution in [0.1, 0.15) is 316 Å². The lowest BCUT2D eigenvalue weighted by atomic mass is 10.0. The predicted molar refractivity (Wildman–Crippen MR) is 253 cm³/mol. The number of rotatable bonds is 50. The van der Waals surface area contributed by atoms with Gasteiger partial charge in [-0.1, -0.05) is 296 Å². The Kier molecular flexibility index (Phi) is 49.2. The number of hydrogen-bond donors (Lipinski definition) is 3. The van der Waals surface area contributed by atoms with Crippen LogP contribution in [0, 0.1) is 0 Å². The third kappa shape index (κ3) is 46.3. The minimum Gasteiger partial charge on any atom is -0.394 e. The Morgan fingerprint density at radius 3 is 0.789 bits per heavy atom. The Balaban J connectivity index is 3.32. The summed E-state index contributed by atoms with van der Waals surface area (Å²) in [6.07, 6.45) is 62.4. The van der Waals surface area contributed by atoms with Crippen molar-refractivity contribution in [3.63, 3.8) is 0 Å². The van der Waals surface area contributed by atoms with Crippen LogP contribution in [0.4, 0.5) is 0 Å². The zero-order valence-electron chi connectivity index (χ0n) is 39.4. The Bertz CT molecular complexity index is 744. The quantitative estimate of drug-likeness (QED) is 0.0536. The smallest absolute Gasteiger partial charge is 0.220 e. The first-order chi connectivity index (χ1) is 28.2. The maximum Gasteiger partial charge on any atom is 0.220 e. The largest absolute Gasteiger partial charge is 0.394 e.